The minimum absolute atomic E-state index is 0.139. The van der Waals surface area contributed by atoms with E-state index in [1.165, 1.54) is 0 Å². The molecule has 1 aromatic rings. The molecule has 18 heavy (non-hydrogen) atoms. The van der Waals surface area contributed by atoms with Crippen molar-refractivity contribution >= 4 is 9.84 Å². The van der Waals surface area contributed by atoms with Gasteiger partial charge in [-0.05, 0) is 37.2 Å². The maximum atomic E-state index is 12.5. The van der Waals surface area contributed by atoms with E-state index in [0.29, 0.717) is 17.1 Å². The molecule has 0 spiro atoms. The molecule has 100 valence electrons. The molecule has 2 rings (SSSR count). The molecule has 1 aromatic carbocycles. The second kappa shape index (κ2) is 4.90. The highest BCUT2D eigenvalue weighted by molar-refractivity contribution is 7.92. The van der Waals surface area contributed by atoms with Crippen molar-refractivity contribution in [1.29, 1.82) is 0 Å². The van der Waals surface area contributed by atoms with Crippen LogP contribution in [0.1, 0.15) is 31.4 Å². The molecule has 1 heterocycles. The van der Waals surface area contributed by atoms with Crippen LogP contribution < -0.4 is 10.1 Å². The number of nitrogens with one attached hydrogen (secondary N) is 1. The summed E-state index contributed by atoms with van der Waals surface area (Å²) in [6, 6.07) is 5.05. The molecule has 1 aliphatic rings. The molecule has 0 radical (unpaired) electrons. The van der Waals surface area contributed by atoms with Gasteiger partial charge in [-0.15, -0.1) is 0 Å². The Morgan fingerprint density at radius 3 is 2.67 bits per heavy atom. The molecule has 0 saturated carbocycles. The third-order valence-corrected chi connectivity index (χ3v) is 5.80. The zero-order valence-corrected chi connectivity index (χ0v) is 11.8. The Labute approximate surface area is 108 Å². The number of hydrogen-bond donors (Lipinski definition) is 1. The highest BCUT2D eigenvalue weighted by atomic mass is 32.2. The maximum absolute atomic E-state index is 12.5. The van der Waals surface area contributed by atoms with Gasteiger partial charge in [-0.3, -0.25) is 0 Å². The SMILES string of the molecule is CCCC1C(NC)c2cc(OC)ccc2S1(=O)=O. The Bertz CT molecular complexity index is 539. The van der Waals surface area contributed by atoms with E-state index in [0.717, 1.165) is 12.0 Å². The van der Waals surface area contributed by atoms with Gasteiger partial charge in [0.1, 0.15) is 5.75 Å². The molecule has 0 saturated heterocycles. The third kappa shape index (κ3) is 1.91. The van der Waals surface area contributed by atoms with Crippen LogP contribution in [0.15, 0.2) is 23.1 Å². The fourth-order valence-electron chi connectivity index (χ4n) is 2.65. The lowest BCUT2D eigenvalue weighted by Crippen LogP contribution is -2.29. The quantitative estimate of drug-likeness (QED) is 0.907. The van der Waals surface area contributed by atoms with E-state index in [-0.39, 0.29) is 11.3 Å². The van der Waals surface area contributed by atoms with Gasteiger partial charge in [-0.25, -0.2) is 8.42 Å². The second-order valence-electron chi connectivity index (χ2n) is 4.54. The average Bonchev–Trinajstić information content (AvgIpc) is 2.58. The first-order valence-electron chi connectivity index (χ1n) is 6.15. The van der Waals surface area contributed by atoms with Crippen LogP contribution in [0.5, 0.6) is 5.75 Å². The number of rotatable bonds is 4. The molecular weight excluding hydrogens is 250 g/mol. The third-order valence-electron chi connectivity index (χ3n) is 3.51. The minimum Gasteiger partial charge on any atom is -0.497 e. The summed E-state index contributed by atoms with van der Waals surface area (Å²) in [5.41, 5.74) is 0.829. The monoisotopic (exact) mass is 269 g/mol. The molecule has 2 atom stereocenters. The van der Waals surface area contributed by atoms with Crippen LogP contribution in [0.3, 0.4) is 0 Å². The first-order chi connectivity index (χ1) is 8.56. The fraction of sp³-hybridized carbons (Fsp3) is 0.538. The Kier molecular flexibility index (Phi) is 3.64. The Morgan fingerprint density at radius 2 is 2.11 bits per heavy atom. The van der Waals surface area contributed by atoms with Crippen molar-refractivity contribution in [2.45, 2.75) is 36.0 Å². The molecular formula is C13H19NO3S. The predicted octanol–water partition coefficient (Wildman–Crippen LogP) is 1.91. The topological polar surface area (TPSA) is 55.4 Å². The predicted molar refractivity (Wildman–Crippen MR) is 70.7 cm³/mol. The summed E-state index contributed by atoms with van der Waals surface area (Å²) in [6.45, 7) is 2.01. The van der Waals surface area contributed by atoms with Crippen LogP contribution in [-0.4, -0.2) is 27.8 Å². The normalized spacial score (nSPS) is 24.8. The van der Waals surface area contributed by atoms with Gasteiger partial charge in [-0.1, -0.05) is 13.3 Å². The first kappa shape index (κ1) is 13.4. The largest absolute Gasteiger partial charge is 0.497 e. The molecule has 1 aliphatic heterocycles. The van der Waals surface area contributed by atoms with Gasteiger partial charge in [0.2, 0.25) is 0 Å². The van der Waals surface area contributed by atoms with Crippen LogP contribution in [0.2, 0.25) is 0 Å². The minimum atomic E-state index is -3.21. The van der Waals surface area contributed by atoms with Crippen molar-refractivity contribution in [2.24, 2.45) is 0 Å². The number of hydrogen-bond acceptors (Lipinski definition) is 4. The summed E-state index contributed by atoms with van der Waals surface area (Å²) < 4.78 is 30.1. The summed E-state index contributed by atoms with van der Waals surface area (Å²) in [6.07, 6.45) is 1.53. The Balaban J connectivity index is 2.56. The first-order valence-corrected chi connectivity index (χ1v) is 7.70. The summed E-state index contributed by atoms with van der Waals surface area (Å²) in [5.74, 6) is 0.696. The molecule has 2 unspecified atom stereocenters. The zero-order valence-electron chi connectivity index (χ0n) is 10.9. The van der Waals surface area contributed by atoms with Crippen molar-refractivity contribution in [3.05, 3.63) is 23.8 Å². The molecule has 0 fully saturated rings. The standard InChI is InChI=1S/C13H19NO3S/c1-4-5-12-13(14-2)10-8-9(17-3)6-7-11(10)18(12,15)16/h6-8,12-14H,4-5H2,1-3H3. The van der Waals surface area contributed by atoms with Gasteiger partial charge in [-0.2, -0.15) is 0 Å². The Morgan fingerprint density at radius 1 is 1.39 bits per heavy atom. The van der Waals surface area contributed by atoms with E-state index in [9.17, 15) is 8.42 Å². The lowest BCUT2D eigenvalue weighted by molar-refractivity contribution is 0.412. The van der Waals surface area contributed by atoms with Crippen molar-refractivity contribution < 1.29 is 13.2 Å². The molecule has 0 bridgehead atoms. The fourth-order valence-corrected chi connectivity index (χ4v) is 4.93. The van der Waals surface area contributed by atoms with E-state index in [2.05, 4.69) is 5.32 Å². The number of benzene rings is 1. The van der Waals surface area contributed by atoms with Crippen molar-refractivity contribution in [3.8, 4) is 5.75 Å². The van der Waals surface area contributed by atoms with E-state index >= 15 is 0 Å². The van der Waals surface area contributed by atoms with Crippen LogP contribution in [0, 0.1) is 0 Å². The van der Waals surface area contributed by atoms with Gasteiger partial charge < -0.3 is 10.1 Å². The van der Waals surface area contributed by atoms with Gasteiger partial charge >= 0.3 is 0 Å². The van der Waals surface area contributed by atoms with Crippen LogP contribution in [0.4, 0.5) is 0 Å². The summed E-state index contributed by atoms with van der Waals surface area (Å²) in [7, 11) is 0.177. The molecule has 0 aromatic heterocycles. The van der Waals surface area contributed by atoms with Gasteiger partial charge in [0.25, 0.3) is 0 Å². The van der Waals surface area contributed by atoms with Gasteiger partial charge in [0, 0.05) is 0 Å². The Hall–Kier alpha value is -1.07. The van der Waals surface area contributed by atoms with E-state index < -0.39 is 9.84 Å². The molecule has 1 N–H and O–H groups in total. The lowest BCUT2D eigenvalue weighted by Gasteiger charge is -2.17. The van der Waals surface area contributed by atoms with Crippen LogP contribution >= 0.6 is 0 Å². The van der Waals surface area contributed by atoms with E-state index in [1.807, 2.05) is 13.0 Å². The highest BCUT2D eigenvalue weighted by Crippen LogP contribution is 2.42. The van der Waals surface area contributed by atoms with Crippen molar-refractivity contribution in [2.75, 3.05) is 14.2 Å². The summed E-state index contributed by atoms with van der Waals surface area (Å²) >= 11 is 0. The second-order valence-corrected chi connectivity index (χ2v) is 6.68. The summed E-state index contributed by atoms with van der Waals surface area (Å²) in [5, 5.41) is 2.76. The van der Waals surface area contributed by atoms with Crippen molar-refractivity contribution in [3.63, 3.8) is 0 Å². The smallest absolute Gasteiger partial charge is 0.183 e. The number of sulfone groups is 1. The van der Waals surface area contributed by atoms with E-state index in [1.54, 1.807) is 26.3 Å². The molecule has 0 aliphatic carbocycles. The van der Waals surface area contributed by atoms with Crippen LogP contribution in [-0.2, 0) is 9.84 Å². The number of ether oxygens (including phenoxy) is 1. The van der Waals surface area contributed by atoms with Gasteiger partial charge in [0.05, 0.1) is 23.3 Å². The number of methoxy groups -OCH3 is 1. The molecule has 5 heteroatoms. The molecule has 0 amide bonds. The zero-order chi connectivity index (χ0) is 13.3. The van der Waals surface area contributed by atoms with Crippen LogP contribution in [0.25, 0.3) is 0 Å². The van der Waals surface area contributed by atoms with Crippen molar-refractivity contribution in [1.82, 2.24) is 5.32 Å². The highest BCUT2D eigenvalue weighted by Gasteiger charge is 2.43. The average molecular weight is 269 g/mol. The lowest BCUT2D eigenvalue weighted by atomic mass is 10.0. The summed E-state index contributed by atoms with van der Waals surface area (Å²) in [4.78, 5) is 0.445. The van der Waals surface area contributed by atoms with Gasteiger partial charge in [0.15, 0.2) is 9.84 Å². The number of fused-ring (bicyclic) bond motifs is 1. The maximum Gasteiger partial charge on any atom is 0.183 e. The molecule has 4 nitrogen and oxygen atoms in total. The van der Waals surface area contributed by atoms with E-state index in [4.69, 9.17) is 4.74 Å².